The van der Waals surface area contributed by atoms with Crippen LogP contribution in [0.1, 0.15) is 0 Å². The molecule has 2 aromatic rings. The zero-order chi connectivity index (χ0) is 15.1. The maximum absolute atomic E-state index is 9.86. The van der Waals surface area contributed by atoms with Gasteiger partial charge in [-0.2, -0.15) is 4.73 Å². The van der Waals surface area contributed by atoms with Crippen molar-refractivity contribution >= 4 is 32.8 Å². The second-order valence-electron chi connectivity index (χ2n) is 4.57. The van der Waals surface area contributed by atoms with E-state index in [0.717, 1.165) is 0 Å². The first-order valence-corrected chi connectivity index (χ1v) is 6.89. The number of fused-ring (bicyclic) bond motifs is 1. The fourth-order valence-electron chi connectivity index (χ4n) is 2.16. The number of hydrogen-bond donors (Lipinski definition) is 4. The highest BCUT2D eigenvalue weighted by Crippen LogP contribution is 2.29. The average Bonchev–Trinajstić information content (AvgIpc) is 2.92. The molecule has 10 heteroatoms. The molecular weight excluding hydrogens is 348 g/mol. The molecule has 114 valence electrons. The summed E-state index contributed by atoms with van der Waals surface area (Å²) in [6.07, 6.45) is -1.75. The van der Waals surface area contributed by atoms with E-state index in [0.29, 0.717) is 15.5 Å². The molecule has 3 heterocycles. The summed E-state index contributed by atoms with van der Waals surface area (Å²) in [4.78, 5) is 13.4. The van der Waals surface area contributed by atoms with Gasteiger partial charge in [-0.15, -0.1) is 0 Å². The van der Waals surface area contributed by atoms with Crippen LogP contribution in [0.25, 0.3) is 11.0 Å². The number of rotatable bonds is 3. The summed E-state index contributed by atoms with van der Waals surface area (Å²) in [6.45, 7) is -0.427. The number of hydrogen-bond acceptors (Lipinski definition) is 8. The second kappa shape index (κ2) is 5.39. The van der Waals surface area contributed by atoms with E-state index in [1.165, 1.54) is 11.1 Å². The minimum absolute atomic E-state index is 0.274. The number of anilines is 1. The SMILES string of the molecule is Nc1ncnc2c1c(Br)cn2O[C@@H]1O[C@H](CO)[C@@H](O)[C@H]1O. The maximum atomic E-state index is 9.86. The van der Waals surface area contributed by atoms with Crippen LogP contribution in [0, 0.1) is 0 Å². The van der Waals surface area contributed by atoms with E-state index in [1.54, 1.807) is 6.20 Å². The maximum Gasteiger partial charge on any atom is 0.254 e. The molecule has 9 nitrogen and oxygen atoms in total. The lowest BCUT2D eigenvalue weighted by Crippen LogP contribution is -2.38. The van der Waals surface area contributed by atoms with E-state index in [-0.39, 0.29) is 5.82 Å². The van der Waals surface area contributed by atoms with Gasteiger partial charge in [0.2, 0.25) is 0 Å². The number of nitrogens with zero attached hydrogens (tertiary/aromatic N) is 3. The third kappa shape index (κ3) is 2.34. The van der Waals surface area contributed by atoms with E-state index < -0.39 is 31.2 Å². The number of nitrogen functional groups attached to an aromatic ring is 1. The lowest BCUT2D eigenvalue weighted by molar-refractivity contribution is -0.168. The van der Waals surface area contributed by atoms with Gasteiger partial charge in [-0.1, -0.05) is 0 Å². The number of aromatic nitrogens is 3. The predicted molar refractivity (Wildman–Crippen MR) is 74.0 cm³/mol. The Morgan fingerprint density at radius 1 is 1.38 bits per heavy atom. The van der Waals surface area contributed by atoms with Gasteiger partial charge < -0.3 is 30.6 Å². The second-order valence-corrected chi connectivity index (χ2v) is 5.43. The van der Waals surface area contributed by atoms with Crippen LogP contribution in [0.3, 0.4) is 0 Å². The fraction of sp³-hybridized carbons (Fsp3) is 0.455. The van der Waals surface area contributed by atoms with Crippen LogP contribution in [-0.2, 0) is 4.74 Å². The summed E-state index contributed by atoms with van der Waals surface area (Å²) in [6, 6.07) is 0. The van der Waals surface area contributed by atoms with Crippen LogP contribution in [-0.4, -0.2) is 61.2 Å². The lowest BCUT2D eigenvalue weighted by Gasteiger charge is -2.16. The first-order valence-electron chi connectivity index (χ1n) is 6.09. The molecule has 1 fully saturated rings. The largest absolute Gasteiger partial charge is 0.394 e. The van der Waals surface area contributed by atoms with Gasteiger partial charge in [-0.3, -0.25) is 0 Å². The Hall–Kier alpha value is -1.46. The number of nitrogens with two attached hydrogens (primary N) is 1. The van der Waals surface area contributed by atoms with E-state index in [1.807, 2.05) is 0 Å². The number of aliphatic hydroxyl groups is 3. The lowest BCUT2D eigenvalue weighted by atomic mass is 10.1. The van der Waals surface area contributed by atoms with Crippen molar-refractivity contribution in [2.24, 2.45) is 0 Å². The smallest absolute Gasteiger partial charge is 0.254 e. The first-order chi connectivity index (χ1) is 10.0. The van der Waals surface area contributed by atoms with Crippen LogP contribution in [0.2, 0.25) is 0 Å². The van der Waals surface area contributed by atoms with Crippen LogP contribution in [0.5, 0.6) is 0 Å². The summed E-state index contributed by atoms with van der Waals surface area (Å²) in [5.74, 6) is 0.274. The zero-order valence-electron chi connectivity index (χ0n) is 10.6. The van der Waals surface area contributed by atoms with Gasteiger partial charge in [0.05, 0.1) is 22.7 Å². The Balaban J connectivity index is 1.91. The van der Waals surface area contributed by atoms with Crippen LogP contribution >= 0.6 is 15.9 Å². The summed E-state index contributed by atoms with van der Waals surface area (Å²) in [5, 5.41) is 29.2. The van der Waals surface area contributed by atoms with Crippen molar-refractivity contribution in [1.82, 2.24) is 14.7 Å². The van der Waals surface area contributed by atoms with Crippen molar-refractivity contribution in [3.05, 3.63) is 17.0 Å². The first kappa shape index (κ1) is 14.5. The summed E-state index contributed by atoms with van der Waals surface area (Å²) in [7, 11) is 0. The molecule has 2 aromatic heterocycles. The Morgan fingerprint density at radius 2 is 2.14 bits per heavy atom. The summed E-state index contributed by atoms with van der Waals surface area (Å²) in [5.41, 5.74) is 6.15. The predicted octanol–water partition coefficient (Wildman–Crippen LogP) is -1.36. The van der Waals surface area contributed by atoms with Gasteiger partial charge in [0, 0.05) is 0 Å². The van der Waals surface area contributed by atoms with Crippen LogP contribution in [0.15, 0.2) is 17.0 Å². The third-order valence-corrected chi connectivity index (χ3v) is 3.85. The van der Waals surface area contributed by atoms with Crippen LogP contribution in [0.4, 0.5) is 5.82 Å². The molecule has 0 radical (unpaired) electrons. The van der Waals surface area contributed by atoms with Gasteiger partial charge in [-0.05, 0) is 15.9 Å². The van der Waals surface area contributed by atoms with Crippen molar-refractivity contribution < 1.29 is 24.9 Å². The standard InChI is InChI=1S/C11H13BrN4O5/c12-4-1-16(10-6(4)9(13)14-3-15-10)21-11-8(19)7(18)5(2-17)20-11/h1,3,5,7-8,11,17-19H,2H2,(H2,13,14,15)/t5-,7-,8-,11+/m1/s1. The van der Waals surface area contributed by atoms with Gasteiger partial charge in [0.15, 0.2) is 5.65 Å². The Bertz CT molecular complexity index is 665. The van der Waals surface area contributed by atoms with Crippen molar-refractivity contribution in [1.29, 1.82) is 0 Å². The molecule has 4 atom stereocenters. The fourth-order valence-corrected chi connectivity index (χ4v) is 2.73. The Kier molecular flexibility index (Phi) is 3.71. The highest BCUT2D eigenvalue weighted by Gasteiger charge is 2.44. The van der Waals surface area contributed by atoms with Gasteiger partial charge in [-0.25, -0.2) is 9.97 Å². The molecule has 0 bridgehead atoms. The molecule has 0 amide bonds. The molecule has 0 unspecified atom stereocenters. The van der Waals surface area contributed by atoms with Crippen molar-refractivity contribution in [3.8, 4) is 0 Å². The molecular formula is C11H13BrN4O5. The van der Waals surface area contributed by atoms with Crippen molar-refractivity contribution in [3.63, 3.8) is 0 Å². The molecule has 0 spiro atoms. The molecule has 1 aliphatic heterocycles. The average molecular weight is 361 g/mol. The summed E-state index contributed by atoms with van der Waals surface area (Å²) >= 11 is 3.32. The molecule has 1 aliphatic rings. The highest BCUT2D eigenvalue weighted by molar-refractivity contribution is 9.10. The Morgan fingerprint density at radius 3 is 2.81 bits per heavy atom. The molecule has 5 N–H and O–H groups in total. The van der Waals surface area contributed by atoms with Gasteiger partial charge in [0.1, 0.15) is 30.5 Å². The van der Waals surface area contributed by atoms with E-state index >= 15 is 0 Å². The van der Waals surface area contributed by atoms with Gasteiger partial charge >= 0.3 is 0 Å². The molecule has 3 rings (SSSR count). The number of aliphatic hydroxyl groups excluding tert-OH is 3. The monoisotopic (exact) mass is 360 g/mol. The summed E-state index contributed by atoms with van der Waals surface area (Å²) < 4.78 is 7.12. The van der Waals surface area contributed by atoms with E-state index in [2.05, 4.69) is 25.9 Å². The van der Waals surface area contributed by atoms with Crippen molar-refractivity contribution in [2.75, 3.05) is 12.3 Å². The minimum atomic E-state index is -1.29. The van der Waals surface area contributed by atoms with E-state index in [4.69, 9.17) is 20.4 Å². The topological polar surface area (TPSA) is 136 Å². The number of halogens is 1. The zero-order valence-corrected chi connectivity index (χ0v) is 12.2. The third-order valence-electron chi connectivity index (χ3n) is 3.25. The highest BCUT2D eigenvalue weighted by atomic mass is 79.9. The number of ether oxygens (including phenoxy) is 1. The minimum Gasteiger partial charge on any atom is -0.394 e. The quantitative estimate of drug-likeness (QED) is 0.527. The normalized spacial score (nSPS) is 29.1. The Labute approximate surface area is 127 Å². The van der Waals surface area contributed by atoms with Gasteiger partial charge in [0.25, 0.3) is 6.29 Å². The molecule has 0 aromatic carbocycles. The van der Waals surface area contributed by atoms with Crippen molar-refractivity contribution in [2.45, 2.75) is 24.6 Å². The molecule has 0 saturated carbocycles. The molecule has 21 heavy (non-hydrogen) atoms. The molecule has 1 saturated heterocycles. The van der Waals surface area contributed by atoms with E-state index in [9.17, 15) is 10.2 Å². The van der Waals surface area contributed by atoms with Crippen LogP contribution < -0.4 is 10.6 Å². The molecule has 0 aliphatic carbocycles.